The van der Waals surface area contributed by atoms with Crippen molar-refractivity contribution in [3.05, 3.63) is 58.1 Å². The minimum Gasteiger partial charge on any atom is -0.465 e. The van der Waals surface area contributed by atoms with Crippen LogP contribution in [0.15, 0.2) is 36.2 Å². The van der Waals surface area contributed by atoms with Crippen LogP contribution in [-0.4, -0.2) is 81.5 Å². The molecule has 292 valence electrons. The van der Waals surface area contributed by atoms with Crippen molar-refractivity contribution in [1.29, 1.82) is 0 Å². The predicted molar refractivity (Wildman–Crippen MR) is 192 cm³/mol. The summed E-state index contributed by atoms with van der Waals surface area (Å²) in [6.07, 6.45) is 0.0285. The summed E-state index contributed by atoms with van der Waals surface area (Å²) in [7, 11) is -3.97. The van der Waals surface area contributed by atoms with Gasteiger partial charge in [-0.1, -0.05) is 49.1 Å². The molecule has 7 rings (SSSR count). The van der Waals surface area contributed by atoms with Gasteiger partial charge >= 0.3 is 12.3 Å². The van der Waals surface area contributed by atoms with E-state index in [1.54, 1.807) is 18.2 Å². The molecule has 1 aromatic heterocycles. The largest absolute Gasteiger partial charge is 0.465 e. The van der Waals surface area contributed by atoms with Crippen molar-refractivity contribution < 1.29 is 45.9 Å². The van der Waals surface area contributed by atoms with E-state index in [1.807, 2.05) is 0 Å². The number of likely N-dealkylation sites (tertiary alicyclic amines) is 1. The van der Waals surface area contributed by atoms with Gasteiger partial charge in [-0.05, 0) is 61.6 Å². The third-order valence-corrected chi connectivity index (χ3v) is 14.4. The molecule has 2 aromatic rings. The molecule has 6 atom stereocenters. The fourth-order valence-corrected chi connectivity index (χ4v) is 10.8. The van der Waals surface area contributed by atoms with Gasteiger partial charge in [-0.25, -0.2) is 18.2 Å². The minimum atomic E-state index is -4.70. The maximum atomic E-state index is 14.9. The van der Waals surface area contributed by atoms with Gasteiger partial charge in [-0.15, -0.1) is 17.9 Å². The summed E-state index contributed by atoms with van der Waals surface area (Å²) in [5.41, 5.74) is -1.53. The van der Waals surface area contributed by atoms with Gasteiger partial charge in [0.1, 0.15) is 17.6 Å². The van der Waals surface area contributed by atoms with Crippen molar-refractivity contribution in [2.45, 2.75) is 99.4 Å². The molecule has 5 aliphatic rings. The van der Waals surface area contributed by atoms with Crippen LogP contribution in [-0.2, 0) is 37.1 Å². The van der Waals surface area contributed by atoms with E-state index in [0.29, 0.717) is 53.2 Å². The van der Waals surface area contributed by atoms with Gasteiger partial charge in [0.05, 0.1) is 17.8 Å². The number of carboxylic acid groups (broad SMARTS) is 1. The molecule has 0 spiro atoms. The first-order valence-corrected chi connectivity index (χ1v) is 20.7. The van der Waals surface area contributed by atoms with E-state index >= 15 is 0 Å². The maximum Gasteiger partial charge on any atom is 0.434 e. The van der Waals surface area contributed by atoms with Crippen LogP contribution < -0.4 is 15.4 Å². The van der Waals surface area contributed by atoms with E-state index in [9.17, 15) is 45.9 Å². The molecule has 19 heteroatoms. The number of hydrogen-bond donors (Lipinski definition) is 4. The number of nitrogens with one attached hydrogen (secondary N) is 3. The SMILES string of the molecule is C=C[C@@H]1C[C@]1(NC(=O)[C@@H]1C[C@@H](C2c3cccc(Cl)c3CN2C(=O)O)CN1C(=O)C(Nc1nc(C(F)(F)F)cs1)C1CCCCC1)C(=O)NS(=O)(=O)C1CC1. The van der Waals surface area contributed by atoms with Gasteiger partial charge in [0.2, 0.25) is 21.8 Å². The Hall–Kier alpha value is -3.90. The zero-order valence-corrected chi connectivity index (χ0v) is 31.4. The predicted octanol–water partition coefficient (Wildman–Crippen LogP) is 5.30. The van der Waals surface area contributed by atoms with Crippen LogP contribution >= 0.6 is 22.9 Å². The number of amides is 4. The van der Waals surface area contributed by atoms with E-state index in [-0.39, 0.29) is 37.0 Å². The quantitative estimate of drug-likeness (QED) is 0.220. The highest BCUT2D eigenvalue weighted by molar-refractivity contribution is 7.91. The number of nitrogens with zero attached hydrogens (tertiary/aromatic N) is 3. The van der Waals surface area contributed by atoms with Crippen LogP contribution in [0.3, 0.4) is 0 Å². The zero-order chi connectivity index (χ0) is 38.7. The first-order chi connectivity index (χ1) is 25.5. The lowest BCUT2D eigenvalue weighted by molar-refractivity contribution is -0.141. The van der Waals surface area contributed by atoms with Crippen LogP contribution in [0.5, 0.6) is 0 Å². The molecular weight excluding hydrogens is 773 g/mol. The molecule has 3 saturated carbocycles. The van der Waals surface area contributed by atoms with Gasteiger partial charge in [-0.2, -0.15) is 13.2 Å². The molecule has 4 N–H and O–H groups in total. The molecule has 0 radical (unpaired) electrons. The van der Waals surface area contributed by atoms with Crippen LogP contribution in [0.25, 0.3) is 0 Å². The van der Waals surface area contributed by atoms with E-state index in [4.69, 9.17) is 11.6 Å². The Morgan fingerprint density at radius 3 is 2.44 bits per heavy atom. The van der Waals surface area contributed by atoms with Gasteiger partial charge in [0.15, 0.2) is 10.8 Å². The Morgan fingerprint density at radius 2 is 1.83 bits per heavy atom. The number of carbonyl (C=O) groups is 4. The Morgan fingerprint density at radius 1 is 1.11 bits per heavy atom. The molecule has 1 saturated heterocycles. The number of hydrogen-bond acceptors (Lipinski definition) is 9. The highest BCUT2D eigenvalue weighted by Crippen LogP contribution is 2.48. The Kier molecular flexibility index (Phi) is 10.2. The van der Waals surface area contributed by atoms with E-state index in [1.165, 1.54) is 15.9 Å². The van der Waals surface area contributed by atoms with Crippen molar-refractivity contribution in [1.82, 2.24) is 24.8 Å². The van der Waals surface area contributed by atoms with Gasteiger partial charge < -0.3 is 20.6 Å². The molecule has 3 aliphatic carbocycles. The molecule has 4 amide bonds. The molecular formula is C35H40ClF3N6O7S2. The molecule has 2 aliphatic heterocycles. The van der Waals surface area contributed by atoms with E-state index < -0.39 is 86.5 Å². The lowest BCUT2D eigenvalue weighted by Crippen LogP contribution is -2.58. The van der Waals surface area contributed by atoms with Crippen molar-refractivity contribution in [3.8, 4) is 0 Å². The summed E-state index contributed by atoms with van der Waals surface area (Å²) in [6.45, 7) is 3.62. The molecule has 0 bridgehead atoms. The number of rotatable bonds is 11. The van der Waals surface area contributed by atoms with Crippen LogP contribution in [0, 0.1) is 17.8 Å². The summed E-state index contributed by atoms with van der Waals surface area (Å²) in [6, 6.07) is 1.95. The molecule has 13 nitrogen and oxygen atoms in total. The maximum absolute atomic E-state index is 14.9. The van der Waals surface area contributed by atoms with Crippen molar-refractivity contribution in [3.63, 3.8) is 0 Å². The Labute approximate surface area is 318 Å². The van der Waals surface area contributed by atoms with Crippen LogP contribution in [0.2, 0.25) is 5.02 Å². The van der Waals surface area contributed by atoms with Gasteiger partial charge in [0.25, 0.3) is 5.91 Å². The lowest BCUT2D eigenvalue weighted by atomic mass is 9.83. The van der Waals surface area contributed by atoms with Crippen molar-refractivity contribution >= 4 is 61.9 Å². The number of anilines is 1. The number of carbonyl (C=O) groups excluding carboxylic acids is 3. The van der Waals surface area contributed by atoms with Crippen LogP contribution in [0.4, 0.5) is 23.1 Å². The molecule has 3 heterocycles. The highest BCUT2D eigenvalue weighted by Gasteiger charge is 2.62. The summed E-state index contributed by atoms with van der Waals surface area (Å²) in [4.78, 5) is 61.7. The molecule has 1 aromatic carbocycles. The third-order valence-electron chi connectivity index (χ3n) is 11.5. The van der Waals surface area contributed by atoms with E-state index in [0.717, 1.165) is 24.6 Å². The second-order valence-corrected chi connectivity index (χ2v) is 18.1. The molecule has 54 heavy (non-hydrogen) atoms. The number of alkyl halides is 3. The number of aromatic nitrogens is 1. The van der Waals surface area contributed by atoms with Gasteiger partial charge in [-0.3, -0.25) is 24.0 Å². The first-order valence-electron chi connectivity index (χ1n) is 17.9. The summed E-state index contributed by atoms with van der Waals surface area (Å²) in [5, 5.41) is 16.4. The number of benzene rings is 1. The monoisotopic (exact) mass is 812 g/mol. The number of fused-ring (bicyclic) bond motifs is 1. The number of halogens is 4. The smallest absolute Gasteiger partial charge is 0.434 e. The minimum absolute atomic E-state index is 0.0199. The van der Waals surface area contributed by atoms with Gasteiger partial charge in [0, 0.05) is 28.8 Å². The summed E-state index contributed by atoms with van der Waals surface area (Å²) >= 11 is 7.20. The summed E-state index contributed by atoms with van der Waals surface area (Å²) < 4.78 is 68.1. The zero-order valence-electron chi connectivity index (χ0n) is 29.0. The van der Waals surface area contributed by atoms with Crippen molar-refractivity contribution in [2.75, 3.05) is 11.9 Å². The van der Waals surface area contributed by atoms with E-state index in [2.05, 4.69) is 26.9 Å². The topological polar surface area (TPSA) is 178 Å². The molecule has 4 fully saturated rings. The van der Waals surface area contributed by atoms with Crippen molar-refractivity contribution in [2.24, 2.45) is 17.8 Å². The van der Waals surface area contributed by atoms with Crippen LogP contribution in [0.1, 0.15) is 80.7 Å². The summed E-state index contributed by atoms with van der Waals surface area (Å²) in [5.74, 6) is -3.80. The molecule has 2 unspecified atom stereocenters. The number of sulfonamides is 1. The standard InChI is InChI=1S/C35H40ClF3N6O7S2/c1-2-20-14-34(20,31(48)43-54(51,52)21-11-12-21)42-29(46)25-13-19(28-22-9-6-10-24(36)23(22)16-45(28)33(49)50)15-44(25)30(47)27(18-7-4-3-5-8-18)41-32-40-26(17-53-32)35(37,38)39/h2,6,9-10,17-21,25,27-28H,1,3-5,7-8,11-16H2,(H,40,41)(H,42,46)(H,43,48)(H,49,50)/t19-,20-,25+,27?,28?,34-/m1/s1. The highest BCUT2D eigenvalue weighted by atomic mass is 35.5. The third kappa shape index (κ3) is 7.28. The average molecular weight is 813 g/mol. The fraction of sp³-hybridized carbons (Fsp3) is 0.571. The fourth-order valence-electron chi connectivity index (χ4n) is 8.39. The lowest BCUT2D eigenvalue weighted by Gasteiger charge is -2.35. The Balaban J connectivity index is 1.23. The first kappa shape index (κ1) is 38.4. The Bertz CT molecular complexity index is 1970. The normalized spacial score (nSPS) is 27.6. The second-order valence-electron chi connectivity index (χ2n) is 14.9. The number of thiazole rings is 1. The average Bonchev–Trinajstić information content (AvgIpc) is 3.93. The second kappa shape index (κ2) is 14.3.